The Morgan fingerprint density at radius 1 is 0.857 bits per heavy atom. The average Bonchev–Trinajstić information content (AvgIpc) is 2.35. The first-order valence-electron chi connectivity index (χ1n) is 8.18. The van der Waals surface area contributed by atoms with Crippen LogP contribution in [0.25, 0.3) is 0 Å². The predicted molar refractivity (Wildman–Crippen MR) is 87.3 cm³/mol. The van der Waals surface area contributed by atoms with Crippen molar-refractivity contribution in [2.24, 2.45) is 0 Å². The monoisotopic (exact) mass is 304 g/mol. The summed E-state index contributed by atoms with van der Waals surface area (Å²) >= 11 is 0. The fraction of sp³-hybridized carbons (Fsp3) is 0.941. The van der Waals surface area contributed by atoms with E-state index in [1.54, 1.807) is 0 Å². The number of carbonyl (C=O) groups is 1. The van der Waals surface area contributed by atoms with E-state index in [1.807, 2.05) is 6.92 Å². The van der Waals surface area contributed by atoms with Gasteiger partial charge in [0.25, 0.3) is 0 Å². The normalized spacial score (nSPS) is 11.8. The number of carboxylic acids is 1. The third-order valence-electron chi connectivity index (χ3n) is 2.94. The fourth-order valence-electron chi connectivity index (χ4n) is 1.84. The Morgan fingerprint density at radius 2 is 1.24 bits per heavy atom. The lowest BCUT2D eigenvalue weighted by Gasteiger charge is -2.30. The van der Waals surface area contributed by atoms with Gasteiger partial charge in [-0.2, -0.15) is 0 Å². The van der Waals surface area contributed by atoms with Crippen molar-refractivity contribution in [3.8, 4) is 0 Å². The Labute approximate surface area is 131 Å². The highest BCUT2D eigenvalue weighted by atomic mass is 17.2. The van der Waals surface area contributed by atoms with Crippen LogP contribution in [0.2, 0.25) is 0 Å². The van der Waals surface area contributed by atoms with E-state index in [1.165, 1.54) is 0 Å². The van der Waals surface area contributed by atoms with Crippen LogP contribution in [0.4, 0.5) is 0 Å². The van der Waals surface area contributed by atoms with Crippen LogP contribution in [0.15, 0.2) is 0 Å². The molecule has 21 heavy (non-hydrogen) atoms. The molecule has 0 fully saturated rings. The first-order valence-corrected chi connectivity index (χ1v) is 8.18. The fourth-order valence-corrected chi connectivity index (χ4v) is 1.84. The summed E-state index contributed by atoms with van der Waals surface area (Å²) in [6, 6.07) is 0. The van der Waals surface area contributed by atoms with Gasteiger partial charge in [-0.15, -0.1) is 0 Å². The van der Waals surface area contributed by atoms with Crippen LogP contribution in [0.1, 0.15) is 93.4 Å². The quantitative estimate of drug-likeness (QED) is 0.436. The van der Waals surface area contributed by atoms with Gasteiger partial charge in [-0.25, -0.2) is 9.78 Å². The van der Waals surface area contributed by atoms with Gasteiger partial charge in [0.15, 0.2) is 0 Å². The van der Waals surface area contributed by atoms with E-state index < -0.39 is 5.97 Å². The Balaban J connectivity index is 0. The molecule has 4 nitrogen and oxygen atoms in total. The molecule has 0 rings (SSSR count). The summed E-state index contributed by atoms with van der Waals surface area (Å²) in [6.07, 6.45) is 6.36. The van der Waals surface area contributed by atoms with Gasteiger partial charge in [0.05, 0.1) is 11.2 Å². The zero-order valence-corrected chi connectivity index (χ0v) is 15.1. The van der Waals surface area contributed by atoms with Crippen LogP contribution in [-0.4, -0.2) is 22.3 Å². The van der Waals surface area contributed by atoms with E-state index in [2.05, 4.69) is 41.5 Å². The molecular weight excluding hydrogens is 268 g/mol. The average molecular weight is 304 g/mol. The zero-order chi connectivity index (χ0) is 16.9. The molecule has 128 valence electrons. The molecule has 0 aromatic rings. The van der Waals surface area contributed by atoms with Crippen LogP contribution < -0.4 is 0 Å². The van der Waals surface area contributed by atoms with Gasteiger partial charge < -0.3 is 5.11 Å². The molecule has 0 aromatic carbocycles. The standard InChI is InChI=1S/C12H26O2.C5H10O2/c1-7-9-11(3,4)13-14-12(5,6)10-8-2;1-2-3-4-5(6)7/h7-10H2,1-6H3;2-4H2,1H3,(H,6,7). The summed E-state index contributed by atoms with van der Waals surface area (Å²) < 4.78 is 0. The third-order valence-corrected chi connectivity index (χ3v) is 2.94. The molecule has 0 bridgehead atoms. The van der Waals surface area contributed by atoms with Crippen molar-refractivity contribution >= 4 is 5.97 Å². The second kappa shape index (κ2) is 12.0. The van der Waals surface area contributed by atoms with E-state index in [0.29, 0.717) is 6.42 Å². The Bertz CT molecular complexity index is 242. The lowest BCUT2D eigenvalue weighted by Crippen LogP contribution is -2.32. The molecule has 0 spiro atoms. The second-order valence-electron chi connectivity index (χ2n) is 6.68. The van der Waals surface area contributed by atoms with Crippen LogP contribution in [-0.2, 0) is 14.6 Å². The van der Waals surface area contributed by atoms with Crippen molar-refractivity contribution in [2.75, 3.05) is 0 Å². The molecule has 0 aromatic heterocycles. The minimum atomic E-state index is -0.693. The summed E-state index contributed by atoms with van der Waals surface area (Å²) in [5.74, 6) is -0.693. The lowest BCUT2D eigenvalue weighted by molar-refractivity contribution is -0.402. The second-order valence-corrected chi connectivity index (χ2v) is 6.68. The number of aliphatic carboxylic acids is 1. The topological polar surface area (TPSA) is 55.8 Å². The van der Waals surface area contributed by atoms with Crippen LogP contribution in [0.3, 0.4) is 0 Å². The molecule has 0 atom stereocenters. The van der Waals surface area contributed by atoms with Crippen LogP contribution in [0.5, 0.6) is 0 Å². The van der Waals surface area contributed by atoms with E-state index >= 15 is 0 Å². The smallest absolute Gasteiger partial charge is 0.303 e. The number of carboxylic acid groups (broad SMARTS) is 1. The minimum Gasteiger partial charge on any atom is -0.481 e. The SMILES string of the molecule is CCCC(C)(C)OOC(C)(C)CCC.CCCCC(=O)O. The molecule has 0 heterocycles. The first kappa shape index (κ1) is 22.7. The van der Waals surface area contributed by atoms with E-state index in [4.69, 9.17) is 14.9 Å². The van der Waals surface area contributed by atoms with Crippen LogP contribution in [0, 0.1) is 0 Å². The van der Waals surface area contributed by atoms with Gasteiger partial charge in [-0.3, -0.25) is 4.79 Å². The summed E-state index contributed by atoms with van der Waals surface area (Å²) in [4.78, 5) is 20.7. The van der Waals surface area contributed by atoms with Gasteiger partial charge in [-0.05, 0) is 47.0 Å². The maximum absolute atomic E-state index is 9.76. The van der Waals surface area contributed by atoms with Crippen molar-refractivity contribution < 1.29 is 19.7 Å². The Morgan fingerprint density at radius 3 is 1.43 bits per heavy atom. The lowest BCUT2D eigenvalue weighted by atomic mass is 10.0. The highest BCUT2D eigenvalue weighted by Gasteiger charge is 2.25. The molecule has 0 saturated heterocycles. The van der Waals surface area contributed by atoms with Gasteiger partial charge in [0.2, 0.25) is 0 Å². The van der Waals surface area contributed by atoms with Gasteiger partial charge in [-0.1, -0.05) is 40.0 Å². The molecule has 0 unspecified atom stereocenters. The molecule has 4 heteroatoms. The highest BCUT2D eigenvalue weighted by Crippen LogP contribution is 2.23. The summed E-state index contributed by atoms with van der Waals surface area (Å²) in [7, 11) is 0. The van der Waals surface area contributed by atoms with Crippen molar-refractivity contribution in [1.29, 1.82) is 0 Å². The molecule has 0 aliphatic rings. The first-order chi connectivity index (χ1) is 9.60. The van der Waals surface area contributed by atoms with Crippen molar-refractivity contribution in [3.05, 3.63) is 0 Å². The molecule has 0 saturated carbocycles. The van der Waals surface area contributed by atoms with E-state index in [0.717, 1.165) is 38.5 Å². The van der Waals surface area contributed by atoms with Crippen molar-refractivity contribution in [1.82, 2.24) is 0 Å². The molecule has 0 aliphatic heterocycles. The molecular formula is C17H36O4. The Kier molecular flexibility index (Phi) is 12.9. The van der Waals surface area contributed by atoms with E-state index in [-0.39, 0.29) is 11.2 Å². The summed E-state index contributed by atoms with van der Waals surface area (Å²) in [6.45, 7) is 14.6. The largest absolute Gasteiger partial charge is 0.481 e. The number of hydrogen-bond acceptors (Lipinski definition) is 3. The van der Waals surface area contributed by atoms with Gasteiger partial charge >= 0.3 is 5.97 Å². The summed E-state index contributed by atoms with van der Waals surface area (Å²) in [5, 5.41) is 8.04. The predicted octanol–water partition coefficient (Wildman–Crippen LogP) is 5.35. The molecule has 0 aliphatic carbocycles. The van der Waals surface area contributed by atoms with Gasteiger partial charge in [0.1, 0.15) is 0 Å². The number of rotatable bonds is 10. The molecule has 0 amide bonds. The van der Waals surface area contributed by atoms with Gasteiger partial charge in [0, 0.05) is 6.42 Å². The summed E-state index contributed by atoms with van der Waals surface area (Å²) in [5.41, 5.74) is -0.334. The molecule has 0 radical (unpaired) electrons. The van der Waals surface area contributed by atoms with E-state index in [9.17, 15) is 4.79 Å². The third kappa shape index (κ3) is 17.3. The minimum absolute atomic E-state index is 0.167. The maximum atomic E-state index is 9.76. The highest BCUT2D eigenvalue weighted by molar-refractivity contribution is 5.66. The molecule has 1 N–H and O–H groups in total. The van der Waals surface area contributed by atoms with Crippen molar-refractivity contribution in [2.45, 2.75) is 105 Å². The zero-order valence-electron chi connectivity index (χ0n) is 15.1. The van der Waals surface area contributed by atoms with Crippen LogP contribution >= 0.6 is 0 Å². The maximum Gasteiger partial charge on any atom is 0.303 e. The van der Waals surface area contributed by atoms with Crippen molar-refractivity contribution in [3.63, 3.8) is 0 Å². The Hall–Kier alpha value is -0.610. The number of unbranched alkanes of at least 4 members (excludes halogenated alkanes) is 1. The number of hydrogen-bond donors (Lipinski definition) is 1.